The number of carbonyl (C=O) groups is 1. The van der Waals surface area contributed by atoms with Gasteiger partial charge in [-0.15, -0.1) is 0 Å². The first-order valence-electron chi connectivity index (χ1n) is 10.1. The van der Waals surface area contributed by atoms with Gasteiger partial charge < -0.3 is 19.7 Å². The van der Waals surface area contributed by atoms with Crippen molar-refractivity contribution in [1.82, 2.24) is 20.2 Å². The third kappa shape index (κ3) is 5.38. The van der Waals surface area contributed by atoms with Crippen molar-refractivity contribution < 1.29 is 14.3 Å². The number of hydrogen-bond acceptors (Lipinski definition) is 7. The molecule has 1 saturated heterocycles. The number of nitrogens with one attached hydrogen (secondary N) is 1. The van der Waals surface area contributed by atoms with Gasteiger partial charge in [-0.05, 0) is 25.0 Å². The van der Waals surface area contributed by atoms with Gasteiger partial charge in [0.15, 0.2) is 0 Å². The molecule has 1 amide bonds. The molecular weight excluding hydrogens is 382 g/mol. The zero-order valence-corrected chi connectivity index (χ0v) is 18.4. The molecule has 1 N–H and O–H groups in total. The van der Waals surface area contributed by atoms with E-state index in [2.05, 4.69) is 49.4 Å². The number of anilines is 1. The molecule has 162 valence electrons. The molecule has 0 spiro atoms. The van der Waals surface area contributed by atoms with Gasteiger partial charge >= 0.3 is 0 Å². The van der Waals surface area contributed by atoms with Crippen LogP contribution in [0.25, 0.3) is 0 Å². The molecule has 0 radical (unpaired) electrons. The van der Waals surface area contributed by atoms with Crippen LogP contribution in [0.15, 0.2) is 30.3 Å². The molecule has 0 bridgehead atoms. The minimum atomic E-state index is -0.381. The van der Waals surface area contributed by atoms with Gasteiger partial charge in [-0.3, -0.25) is 9.69 Å². The highest BCUT2D eigenvalue weighted by molar-refractivity contribution is 5.74. The maximum absolute atomic E-state index is 11.4. The number of hydrogen-bond donors (Lipinski definition) is 1. The Labute approximate surface area is 178 Å². The summed E-state index contributed by atoms with van der Waals surface area (Å²) in [4.78, 5) is 24.9. The summed E-state index contributed by atoms with van der Waals surface area (Å²) in [5.41, 5.74) is 1.97. The Morgan fingerprint density at radius 2 is 1.60 bits per heavy atom. The second-order valence-electron chi connectivity index (χ2n) is 8.02. The molecule has 0 saturated carbocycles. The molecule has 2 aromatic rings. The number of benzene rings is 1. The average molecular weight is 414 g/mol. The van der Waals surface area contributed by atoms with Crippen LogP contribution in [-0.4, -0.2) is 61.2 Å². The van der Waals surface area contributed by atoms with Gasteiger partial charge in [0, 0.05) is 39.6 Å². The van der Waals surface area contributed by atoms with Gasteiger partial charge in [0.05, 0.1) is 25.8 Å². The number of ether oxygens (including phenoxy) is 2. The summed E-state index contributed by atoms with van der Waals surface area (Å²) < 4.78 is 10.5. The van der Waals surface area contributed by atoms with E-state index < -0.39 is 0 Å². The van der Waals surface area contributed by atoms with Crippen molar-refractivity contribution in [2.75, 3.05) is 45.3 Å². The van der Waals surface area contributed by atoms with Crippen molar-refractivity contribution in [1.29, 1.82) is 0 Å². The van der Waals surface area contributed by atoms with Gasteiger partial charge in [0.2, 0.25) is 23.6 Å². The maximum atomic E-state index is 11.4. The molecular formula is C22H31N5O3. The van der Waals surface area contributed by atoms with Crippen LogP contribution >= 0.6 is 0 Å². The van der Waals surface area contributed by atoms with Crippen molar-refractivity contribution >= 4 is 11.9 Å². The minimum Gasteiger partial charge on any atom is -0.481 e. The quantitative estimate of drug-likeness (QED) is 0.745. The van der Waals surface area contributed by atoms with Crippen LogP contribution in [0.2, 0.25) is 0 Å². The van der Waals surface area contributed by atoms with E-state index in [0.29, 0.717) is 17.7 Å². The highest BCUT2D eigenvalue weighted by atomic mass is 16.5. The molecule has 1 aliphatic rings. The van der Waals surface area contributed by atoms with E-state index >= 15 is 0 Å². The number of amides is 1. The van der Waals surface area contributed by atoms with E-state index in [0.717, 1.165) is 38.3 Å². The van der Waals surface area contributed by atoms with Gasteiger partial charge in [-0.25, -0.2) is 0 Å². The smallest absolute Gasteiger partial charge is 0.232 e. The molecule has 1 aliphatic heterocycles. The Kier molecular flexibility index (Phi) is 6.77. The highest BCUT2D eigenvalue weighted by Crippen LogP contribution is 2.23. The SMILES string of the molecule is COc1cc(OC)nc(N2CCN(Cc3ccc(C(C)(C)NC(C)=O)cc3)CC2)n1. The van der Waals surface area contributed by atoms with E-state index in [9.17, 15) is 4.79 Å². The van der Waals surface area contributed by atoms with Crippen molar-refractivity contribution in [3.63, 3.8) is 0 Å². The molecule has 1 fully saturated rings. The molecule has 8 nitrogen and oxygen atoms in total. The maximum Gasteiger partial charge on any atom is 0.232 e. The topological polar surface area (TPSA) is 79.8 Å². The minimum absolute atomic E-state index is 0.0282. The van der Waals surface area contributed by atoms with Gasteiger partial charge in [-0.2, -0.15) is 9.97 Å². The highest BCUT2D eigenvalue weighted by Gasteiger charge is 2.23. The number of piperazine rings is 1. The zero-order chi connectivity index (χ0) is 21.7. The Bertz CT molecular complexity index is 839. The lowest BCUT2D eigenvalue weighted by molar-refractivity contribution is -0.120. The third-order valence-corrected chi connectivity index (χ3v) is 5.31. The summed E-state index contributed by atoms with van der Waals surface area (Å²) >= 11 is 0. The molecule has 0 atom stereocenters. The second kappa shape index (κ2) is 9.30. The van der Waals surface area contributed by atoms with Crippen LogP contribution in [0.4, 0.5) is 5.95 Å². The Hall–Kier alpha value is -2.87. The fourth-order valence-electron chi connectivity index (χ4n) is 3.65. The first-order chi connectivity index (χ1) is 14.3. The molecule has 0 unspecified atom stereocenters. The lowest BCUT2D eigenvalue weighted by atomic mass is 9.93. The van der Waals surface area contributed by atoms with Crippen LogP contribution < -0.4 is 19.7 Å². The standard InChI is InChI=1S/C22H31N5O3/c1-16(28)25-22(2,3)18-8-6-17(7-9-18)15-26-10-12-27(13-11-26)21-23-19(29-4)14-20(24-21)30-5/h6-9,14H,10-13,15H2,1-5H3,(H,25,28). The summed E-state index contributed by atoms with van der Waals surface area (Å²) in [5.74, 6) is 1.61. The van der Waals surface area contributed by atoms with Crippen molar-refractivity contribution in [3.05, 3.63) is 41.5 Å². The van der Waals surface area contributed by atoms with Gasteiger partial charge in [-0.1, -0.05) is 24.3 Å². The Balaban J connectivity index is 1.58. The van der Waals surface area contributed by atoms with E-state index in [1.807, 2.05) is 13.8 Å². The number of carbonyl (C=O) groups excluding carboxylic acids is 1. The van der Waals surface area contributed by atoms with E-state index in [4.69, 9.17) is 9.47 Å². The monoisotopic (exact) mass is 413 g/mol. The summed E-state index contributed by atoms with van der Waals surface area (Å²) in [5, 5.41) is 2.99. The molecule has 0 aliphatic carbocycles. The predicted octanol–water partition coefficient (Wildman–Crippen LogP) is 2.19. The number of methoxy groups -OCH3 is 2. The number of aromatic nitrogens is 2. The van der Waals surface area contributed by atoms with Gasteiger partial charge in [0.25, 0.3) is 0 Å². The lowest BCUT2D eigenvalue weighted by Gasteiger charge is -2.35. The number of nitrogens with zero attached hydrogens (tertiary/aromatic N) is 4. The van der Waals surface area contributed by atoms with Crippen LogP contribution in [-0.2, 0) is 16.9 Å². The first-order valence-corrected chi connectivity index (χ1v) is 10.1. The molecule has 1 aromatic carbocycles. The van der Waals surface area contributed by atoms with Crippen LogP contribution in [0.3, 0.4) is 0 Å². The normalized spacial score (nSPS) is 15.0. The molecule has 8 heteroatoms. The molecule has 1 aromatic heterocycles. The van der Waals surface area contributed by atoms with Crippen molar-refractivity contribution in [2.45, 2.75) is 32.9 Å². The summed E-state index contributed by atoms with van der Waals surface area (Å²) in [7, 11) is 3.18. The van der Waals surface area contributed by atoms with Crippen LogP contribution in [0, 0.1) is 0 Å². The third-order valence-electron chi connectivity index (χ3n) is 5.31. The fraction of sp³-hybridized carbons (Fsp3) is 0.500. The van der Waals surface area contributed by atoms with Crippen LogP contribution in [0.5, 0.6) is 11.8 Å². The van der Waals surface area contributed by atoms with E-state index in [1.54, 1.807) is 27.2 Å². The summed E-state index contributed by atoms with van der Waals surface area (Å²) in [6.07, 6.45) is 0. The average Bonchev–Trinajstić information content (AvgIpc) is 2.73. The zero-order valence-electron chi connectivity index (χ0n) is 18.4. The lowest BCUT2D eigenvalue weighted by Crippen LogP contribution is -2.46. The van der Waals surface area contributed by atoms with Crippen molar-refractivity contribution in [3.8, 4) is 11.8 Å². The first kappa shape index (κ1) is 21.8. The van der Waals surface area contributed by atoms with Gasteiger partial charge in [0.1, 0.15) is 0 Å². The number of rotatable bonds is 7. The predicted molar refractivity (Wildman–Crippen MR) is 116 cm³/mol. The largest absolute Gasteiger partial charge is 0.481 e. The Morgan fingerprint density at radius 1 is 1.03 bits per heavy atom. The van der Waals surface area contributed by atoms with E-state index in [-0.39, 0.29) is 11.4 Å². The second-order valence-corrected chi connectivity index (χ2v) is 8.02. The fourth-order valence-corrected chi connectivity index (χ4v) is 3.65. The summed E-state index contributed by atoms with van der Waals surface area (Å²) in [6, 6.07) is 10.1. The molecule has 3 rings (SSSR count). The van der Waals surface area contributed by atoms with Crippen LogP contribution in [0.1, 0.15) is 31.9 Å². The molecule has 30 heavy (non-hydrogen) atoms. The Morgan fingerprint density at radius 3 is 2.10 bits per heavy atom. The van der Waals surface area contributed by atoms with E-state index in [1.165, 1.54) is 5.56 Å². The summed E-state index contributed by atoms with van der Waals surface area (Å²) in [6.45, 7) is 9.97. The van der Waals surface area contributed by atoms with Crippen molar-refractivity contribution in [2.24, 2.45) is 0 Å². The molecule has 2 heterocycles.